The number of benzene rings is 1. The van der Waals surface area contributed by atoms with Crippen molar-refractivity contribution < 1.29 is 9.53 Å². The van der Waals surface area contributed by atoms with Crippen LogP contribution in [0.15, 0.2) is 18.2 Å². The third-order valence-electron chi connectivity index (χ3n) is 4.34. The summed E-state index contributed by atoms with van der Waals surface area (Å²) in [5.41, 5.74) is 3.22. The van der Waals surface area contributed by atoms with Crippen molar-refractivity contribution in [2.24, 2.45) is 11.8 Å². The Balaban J connectivity index is 2.28. The first-order chi connectivity index (χ1) is 8.41. The largest absolute Gasteiger partial charge is 0.374 e. The van der Waals surface area contributed by atoms with Gasteiger partial charge in [-0.1, -0.05) is 19.1 Å². The van der Waals surface area contributed by atoms with Gasteiger partial charge in [-0.2, -0.15) is 0 Å². The SMILES string of the molecule is Cc1ccc(C(=O)C2C(C)OC(C)C2C)cc1C. The molecule has 1 fully saturated rings. The summed E-state index contributed by atoms with van der Waals surface area (Å²) in [6, 6.07) is 5.96. The molecule has 0 amide bonds. The van der Waals surface area contributed by atoms with Crippen LogP contribution in [0.3, 0.4) is 0 Å². The highest BCUT2D eigenvalue weighted by Crippen LogP contribution is 2.34. The van der Waals surface area contributed by atoms with Crippen molar-refractivity contribution in [1.82, 2.24) is 0 Å². The zero-order chi connectivity index (χ0) is 13.4. The minimum Gasteiger partial charge on any atom is -0.374 e. The molecule has 0 radical (unpaired) electrons. The normalized spacial score (nSPS) is 31.6. The van der Waals surface area contributed by atoms with Crippen LogP contribution in [0.2, 0.25) is 0 Å². The highest BCUT2D eigenvalue weighted by Gasteiger charge is 2.41. The maximum atomic E-state index is 12.6. The van der Waals surface area contributed by atoms with Crippen LogP contribution in [0.25, 0.3) is 0 Å². The maximum Gasteiger partial charge on any atom is 0.168 e. The van der Waals surface area contributed by atoms with Gasteiger partial charge in [0, 0.05) is 5.56 Å². The Labute approximate surface area is 109 Å². The van der Waals surface area contributed by atoms with Crippen molar-refractivity contribution >= 4 is 5.78 Å². The van der Waals surface area contributed by atoms with Crippen molar-refractivity contribution in [1.29, 1.82) is 0 Å². The lowest BCUT2D eigenvalue weighted by molar-refractivity contribution is 0.0491. The summed E-state index contributed by atoms with van der Waals surface area (Å²) < 4.78 is 5.76. The molecule has 1 aromatic carbocycles. The van der Waals surface area contributed by atoms with Gasteiger partial charge >= 0.3 is 0 Å². The van der Waals surface area contributed by atoms with Crippen molar-refractivity contribution in [3.8, 4) is 0 Å². The second-order valence-corrected chi connectivity index (χ2v) is 5.59. The van der Waals surface area contributed by atoms with E-state index in [1.54, 1.807) is 0 Å². The monoisotopic (exact) mass is 246 g/mol. The van der Waals surface area contributed by atoms with E-state index in [1.165, 1.54) is 11.1 Å². The van der Waals surface area contributed by atoms with Crippen molar-refractivity contribution in [2.45, 2.75) is 46.8 Å². The van der Waals surface area contributed by atoms with E-state index in [2.05, 4.69) is 20.8 Å². The molecule has 4 unspecified atom stereocenters. The zero-order valence-electron chi connectivity index (χ0n) is 11.9. The third-order valence-corrected chi connectivity index (χ3v) is 4.34. The minimum absolute atomic E-state index is 0.0119. The number of hydrogen-bond donors (Lipinski definition) is 0. The van der Waals surface area contributed by atoms with Gasteiger partial charge in [-0.25, -0.2) is 0 Å². The number of carbonyl (C=O) groups excluding carboxylic acids is 1. The fourth-order valence-electron chi connectivity index (χ4n) is 2.81. The molecular weight excluding hydrogens is 224 g/mol. The Kier molecular flexibility index (Phi) is 3.58. The fraction of sp³-hybridized carbons (Fsp3) is 0.562. The first-order valence-corrected chi connectivity index (χ1v) is 6.68. The fourth-order valence-corrected chi connectivity index (χ4v) is 2.81. The molecule has 18 heavy (non-hydrogen) atoms. The molecule has 0 N–H and O–H groups in total. The van der Waals surface area contributed by atoms with E-state index in [9.17, 15) is 4.79 Å². The number of ketones is 1. The summed E-state index contributed by atoms with van der Waals surface area (Å²) in [6.07, 6.45) is 0.185. The second kappa shape index (κ2) is 4.85. The molecular formula is C16H22O2. The third kappa shape index (κ3) is 2.22. The van der Waals surface area contributed by atoms with Crippen LogP contribution in [0.5, 0.6) is 0 Å². The van der Waals surface area contributed by atoms with E-state index in [-0.39, 0.29) is 29.8 Å². The molecule has 2 nitrogen and oxygen atoms in total. The molecule has 4 atom stereocenters. The van der Waals surface area contributed by atoms with E-state index >= 15 is 0 Å². The molecule has 1 aliphatic heterocycles. The van der Waals surface area contributed by atoms with Gasteiger partial charge in [0.2, 0.25) is 0 Å². The number of rotatable bonds is 2. The summed E-state index contributed by atoms with van der Waals surface area (Å²) >= 11 is 0. The van der Waals surface area contributed by atoms with Crippen LogP contribution >= 0.6 is 0 Å². The van der Waals surface area contributed by atoms with E-state index in [4.69, 9.17) is 4.74 Å². The average Bonchev–Trinajstić information content (AvgIpc) is 2.56. The van der Waals surface area contributed by atoms with Crippen molar-refractivity contribution in [2.75, 3.05) is 0 Å². The Bertz CT molecular complexity index is 464. The molecule has 1 saturated heterocycles. The predicted octanol–water partition coefficient (Wildman–Crippen LogP) is 3.55. The van der Waals surface area contributed by atoms with Crippen LogP contribution in [-0.4, -0.2) is 18.0 Å². The topological polar surface area (TPSA) is 26.3 Å². The molecule has 98 valence electrons. The summed E-state index contributed by atoms with van der Waals surface area (Å²) in [5.74, 6) is 0.499. The highest BCUT2D eigenvalue weighted by molar-refractivity contribution is 5.98. The van der Waals surface area contributed by atoms with Gasteiger partial charge in [-0.05, 0) is 50.8 Å². The average molecular weight is 246 g/mol. The Morgan fingerprint density at radius 1 is 1.06 bits per heavy atom. The van der Waals surface area contributed by atoms with E-state index in [0.717, 1.165) is 5.56 Å². The van der Waals surface area contributed by atoms with E-state index in [0.29, 0.717) is 0 Å². The van der Waals surface area contributed by atoms with Gasteiger partial charge in [-0.15, -0.1) is 0 Å². The Morgan fingerprint density at radius 2 is 1.72 bits per heavy atom. The van der Waals surface area contributed by atoms with Gasteiger partial charge in [0.25, 0.3) is 0 Å². The van der Waals surface area contributed by atoms with E-state index in [1.807, 2.05) is 32.0 Å². The molecule has 0 bridgehead atoms. The molecule has 1 heterocycles. The first-order valence-electron chi connectivity index (χ1n) is 6.68. The number of Topliss-reactive ketones (excluding diaryl/α,β-unsaturated/α-hetero) is 1. The first kappa shape index (κ1) is 13.3. The van der Waals surface area contributed by atoms with Crippen molar-refractivity contribution in [3.63, 3.8) is 0 Å². The summed E-state index contributed by atoms with van der Waals surface area (Å²) in [6.45, 7) is 10.3. The summed E-state index contributed by atoms with van der Waals surface area (Å²) in [5, 5.41) is 0. The van der Waals surface area contributed by atoms with Crippen LogP contribution in [0.4, 0.5) is 0 Å². The highest BCUT2D eigenvalue weighted by atomic mass is 16.5. The lowest BCUT2D eigenvalue weighted by atomic mass is 9.83. The van der Waals surface area contributed by atoms with Crippen LogP contribution in [-0.2, 0) is 4.74 Å². The molecule has 1 aromatic rings. The summed E-state index contributed by atoms with van der Waals surface area (Å²) in [7, 11) is 0. The van der Waals surface area contributed by atoms with Gasteiger partial charge in [0.05, 0.1) is 18.1 Å². The van der Waals surface area contributed by atoms with Crippen LogP contribution in [0, 0.1) is 25.7 Å². The van der Waals surface area contributed by atoms with Gasteiger partial charge in [-0.3, -0.25) is 4.79 Å². The van der Waals surface area contributed by atoms with Gasteiger partial charge in [0.15, 0.2) is 5.78 Å². The van der Waals surface area contributed by atoms with Gasteiger partial charge < -0.3 is 4.74 Å². The minimum atomic E-state index is -0.0119. The van der Waals surface area contributed by atoms with E-state index < -0.39 is 0 Å². The lowest BCUT2D eigenvalue weighted by Crippen LogP contribution is -2.26. The number of ether oxygens (including phenoxy) is 1. The quantitative estimate of drug-likeness (QED) is 0.746. The number of hydrogen-bond acceptors (Lipinski definition) is 2. The molecule has 2 rings (SSSR count). The number of aryl methyl sites for hydroxylation is 2. The van der Waals surface area contributed by atoms with Crippen LogP contribution in [0.1, 0.15) is 42.3 Å². The molecule has 2 heteroatoms. The zero-order valence-corrected chi connectivity index (χ0v) is 11.9. The lowest BCUT2D eigenvalue weighted by Gasteiger charge is -2.17. The number of carbonyl (C=O) groups is 1. The second-order valence-electron chi connectivity index (χ2n) is 5.59. The molecule has 0 aliphatic carbocycles. The Morgan fingerprint density at radius 3 is 2.22 bits per heavy atom. The predicted molar refractivity (Wildman–Crippen MR) is 72.9 cm³/mol. The van der Waals surface area contributed by atoms with Gasteiger partial charge in [0.1, 0.15) is 0 Å². The maximum absolute atomic E-state index is 12.6. The molecule has 0 aromatic heterocycles. The smallest absolute Gasteiger partial charge is 0.168 e. The van der Waals surface area contributed by atoms with Crippen molar-refractivity contribution in [3.05, 3.63) is 34.9 Å². The standard InChI is InChI=1S/C16H22O2/c1-9-6-7-14(8-10(9)2)16(17)15-11(3)12(4)18-13(15)5/h6-8,11-13,15H,1-5H3. The molecule has 0 spiro atoms. The van der Waals surface area contributed by atoms with Crippen LogP contribution < -0.4 is 0 Å². The Hall–Kier alpha value is -1.15. The molecule has 0 saturated carbocycles. The molecule has 1 aliphatic rings. The summed E-state index contributed by atoms with van der Waals surface area (Å²) in [4.78, 5) is 12.6.